The van der Waals surface area contributed by atoms with Gasteiger partial charge in [-0.3, -0.25) is 33.5 Å². The molecule has 3 aliphatic rings. The summed E-state index contributed by atoms with van der Waals surface area (Å²) >= 11 is 0. The van der Waals surface area contributed by atoms with Crippen molar-refractivity contribution in [2.75, 3.05) is 44.0 Å². The van der Waals surface area contributed by atoms with Gasteiger partial charge in [-0.25, -0.2) is 14.2 Å². The summed E-state index contributed by atoms with van der Waals surface area (Å²) in [5.41, 5.74) is 0.943. The Morgan fingerprint density at radius 3 is 2.51 bits per heavy atom. The quantitative estimate of drug-likeness (QED) is 0.143. The number of carbonyl (C=O) groups is 3. The molecule has 18 heteroatoms. The maximum atomic E-state index is 16.1. The number of aromatic nitrogens is 5. The number of amides is 3. The molecule has 0 radical (unpaired) electrons. The van der Waals surface area contributed by atoms with Gasteiger partial charge in [0.25, 0.3) is 5.91 Å². The smallest absolute Gasteiger partial charge is 0.433 e. The van der Waals surface area contributed by atoms with E-state index in [0.717, 1.165) is 55.4 Å². The molecule has 1 saturated carbocycles. The Kier molecular flexibility index (Phi) is 10.7. The van der Waals surface area contributed by atoms with E-state index in [2.05, 4.69) is 20.5 Å². The van der Waals surface area contributed by atoms with Crippen molar-refractivity contribution in [2.24, 2.45) is 13.0 Å². The monoisotopic (exact) mass is 819 g/mol. The predicted molar refractivity (Wildman–Crippen MR) is 211 cm³/mol. The number of methoxy groups -OCH3 is 1. The summed E-state index contributed by atoms with van der Waals surface area (Å²) < 4.78 is 66.0. The first kappa shape index (κ1) is 40.0. The molecular weight excluding hydrogens is 775 g/mol. The fourth-order valence-electron chi connectivity index (χ4n) is 9.08. The number of rotatable bonds is 9. The van der Waals surface area contributed by atoms with Gasteiger partial charge in [-0.15, -0.1) is 0 Å². The predicted octanol–water partition coefficient (Wildman–Crippen LogP) is 5.62. The number of para-hydroxylation sites is 1. The highest BCUT2D eigenvalue weighted by molar-refractivity contribution is 6.05. The van der Waals surface area contributed by atoms with E-state index in [4.69, 9.17) is 9.84 Å². The van der Waals surface area contributed by atoms with E-state index < -0.39 is 35.9 Å². The highest BCUT2D eigenvalue weighted by Crippen LogP contribution is 2.37. The standard InChI is InChI=1S/C41H45F4N9O5/c1-50(30-16-17-52(22-26(30)42)31-7-5-8-32-37(31)51(2)40(58)54(32)33-14-15-36(55)48-39(33)57)20-23-10-12-25(13-11-23)53-21-24-18-29(34(59-3)19-28(24)49-53)47-38(56)27-6-4-9-35(46-27)41(43,44)45/h4-9,18-19,21,23,25-26,30,33H,10-17,20,22H2,1-3H3,(H,47,56)(H,48,55,57). The normalized spacial score (nSPS) is 22.9. The molecule has 14 nitrogen and oxygen atoms in total. The lowest BCUT2D eigenvalue weighted by molar-refractivity contribution is -0.141. The highest BCUT2D eigenvalue weighted by atomic mass is 19.4. The minimum Gasteiger partial charge on any atom is -0.494 e. The van der Waals surface area contributed by atoms with Crippen LogP contribution in [0.3, 0.4) is 0 Å². The number of benzene rings is 2. The molecule has 2 aliphatic heterocycles. The van der Waals surface area contributed by atoms with E-state index in [1.807, 2.05) is 35.0 Å². The number of nitrogens with zero attached hydrogens (tertiary/aromatic N) is 7. The van der Waals surface area contributed by atoms with Gasteiger partial charge in [0.1, 0.15) is 29.4 Å². The zero-order valence-corrected chi connectivity index (χ0v) is 32.8. The van der Waals surface area contributed by atoms with Crippen molar-refractivity contribution >= 4 is 51.0 Å². The molecule has 2 saturated heterocycles. The number of piperidine rings is 2. The Labute approximate surface area is 336 Å². The van der Waals surface area contributed by atoms with E-state index in [0.29, 0.717) is 41.2 Å². The van der Waals surface area contributed by atoms with Crippen LogP contribution < -0.4 is 26.0 Å². The second-order valence-electron chi connectivity index (χ2n) is 15.8. The minimum absolute atomic E-state index is 0.128. The van der Waals surface area contributed by atoms with Gasteiger partial charge in [0.05, 0.1) is 47.6 Å². The summed E-state index contributed by atoms with van der Waals surface area (Å²) in [5.74, 6) is -0.993. The van der Waals surface area contributed by atoms with Crippen LogP contribution in [-0.4, -0.2) is 92.5 Å². The number of fused-ring (bicyclic) bond motifs is 2. The van der Waals surface area contributed by atoms with Crippen molar-refractivity contribution in [1.29, 1.82) is 0 Å². The lowest BCUT2D eigenvalue weighted by Gasteiger charge is -2.42. The fourth-order valence-corrected chi connectivity index (χ4v) is 9.08. The third-order valence-corrected chi connectivity index (χ3v) is 12.1. The molecule has 5 heterocycles. The third kappa shape index (κ3) is 7.77. The van der Waals surface area contributed by atoms with Gasteiger partial charge in [0, 0.05) is 50.2 Å². The van der Waals surface area contributed by atoms with E-state index >= 15 is 4.39 Å². The van der Waals surface area contributed by atoms with Crippen LogP contribution in [0.5, 0.6) is 5.75 Å². The molecule has 8 rings (SSSR count). The average molecular weight is 820 g/mol. The van der Waals surface area contributed by atoms with Crippen LogP contribution >= 0.6 is 0 Å². The van der Waals surface area contributed by atoms with Gasteiger partial charge in [-0.1, -0.05) is 12.1 Å². The molecule has 2 aromatic carbocycles. The number of halogens is 4. The molecule has 3 fully saturated rings. The zero-order valence-electron chi connectivity index (χ0n) is 32.8. The summed E-state index contributed by atoms with van der Waals surface area (Å²) in [6.07, 6.45) is 0.628. The number of aryl methyl sites for hydroxylation is 1. The largest absolute Gasteiger partial charge is 0.494 e. The van der Waals surface area contributed by atoms with E-state index in [-0.39, 0.29) is 54.4 Å². The summed E-state index contributed by atoms with van der Waals surface area (Å²) in [6.45, 7) is 1.49. The average Bonchev–Trinajstić information content (AvgIpc) is 3.74. The Morgan fingerprint density at radius 2 is 1.80 bits per heavy atom. The summed E-state index contributed by atoms with van der Waals surface area (Å²) in [7, 11) is 5.06. The van der Waals surface area contributed by atoms with E-state index in [1.165, 1.54) is 22.3 Å². The number of nitrogens with one attached hydrogen (secondary N) is 2. The number of imide groups is 1. The van der Waals surface area contributed by atoms with Crippen LogP contribution in [0.1, 0.15) is 73.2 Å². The number of alkyl halides is 4. The topological polar surface area (TPSA) is 149 Å². The van der Waals surface area contributed by atoms with Crippen LogP contribution in [0.25, 0.3) is 21.9 Å². The summed E-state index contributed by atoms with van der Waals surface area (Å²) in [6, 6.07) is 11.0. The van der Waals surface area contributed by atoms with Gasteiger partial charge in [0.2, 0.25) is 11.8 Å². The van der Waals surface area contributed by atoms with Crippen LogP contribution in [0.2, 0.25) is 0 Å². The van der Waals surface area contributed by atoms with Gasteiger partial charge in [0.15, 0.2) is 0 Å². The number of pyridine rings is 1. The van der Waals surface area contributed by atoms with Crippen LogP contribution in [0.15, 0.2) is 59.5 Å². The Hall–Kier alpha value is -5.78. The zero-order chi connectivity index (χ0) is 41.7. The van der Waals surface area contributed by atoms with Crippen molar-refractivity contribution < 1.29 is 36.7 Å². The lowest BCUT2D eigenvalue weighted by Crippen LogP contribution is -2.52. The Bertz CT molecular complexity index is 2490. The molecule has 5 aromatic rings. The maximum Gasteiger partial charge on any atom is 0.433 e. The van der Waals surface area contributed by atoms with Gasteiger partial charge in [-0.05, 0) is 81.8 Å². The van der Waals surface area contributed by atoms with E-state index in [9.17, 15) is 32.3 Å². The molecule has 2 N–H and O–H groups in total. The van der Waals surface area contributed by atoms with E-state index in [1.54, 1.807) is 25.2 Å². The van der Waals surface area contributed by atoms with Crippen molar-refractivity contribution in [2.45, 2.75) is 75.4 Å². The molecule has 0 bridgehead atoms. The van der Waals surface area contributed by atoms with Crippen LogP contribution in [-0.2, 0) is 22.8 Å². The van der Waals surface area contributed by atoms with Crippen molar-refractivity contribution in [3.63, 3.8) is 0 Å². The van der Waals surface area contributed by atoms with Gasteiger partial charge in [-0.2, -0.15) is 18.3 Å². The van der Waals surface area contributed by atoms with Gasteiger partial charge < -0.3 is 19.9 Å². The molecule has 1 aliphatic carbocycles. The molecule has 3 atom stereocenters. The molecule has 3 amide bonds. The number of hydrogen-bond donors (Lipinski definition) is 2. The van der Waals surface area contributed by atoms with Crippen molar-refractivity contribution in [3.05, 3.63) is 76.6 Å². The molecule has 312 valence electrons. The highest BCUT2D eigenvalue weighted by Gasteiger charge is 2.37. The Morgan fingerprint density at radius 1 is 1.03 bits per heavy atom. The molecule has 3 aromatic heterocycles. The fraction of sp³-hybridized carbons (Fsp3) is 0.463. The third-order valence-electron chi connectivity index (χ3n) is 12.1. The molecular formula is C41H45F4N9O5. The van der Waals surface area contributed by atoms with Crippen molar-refractivity contribution in [3.8, 4) is 5.75 Å². The van der Waals surface area contributed by atoms with Crippen molar-refractivity contribution in [1.82, 2.24) is 34.1 Å². The molecule has 3 unspecified atom stereocenters. The molecule has 0 spiro atoms. The minimum atomic E-state index is -4.69. The second-order valence-corrected chi connectivity index (χ2v) is 15.8. The summed E-state index contributed by atoms with van der Waals surface area (Å²) in [5, 5.41) is 10.5. The number of hydrogen-bond acceptors (Lipinski definition) is 9. The number of carbonyl (C=O) groups excluding carboxylic acids is 3. The Balaban J connectivity index is 0.881. The second kappa shape index (κ2) is 15.8. The first-order chi connectivity index (χ1) is 28.2. The number of imidazole rings is 1. The maximum absolute atomic E-state index is 16.1. The number of anilines is 2. The lowest BCUT2D eigenvalue weighted by atomic mass is 9.85. The first-order valence-corrected chi connectivity index (χ1v) is 19.8. The first-order valence-electron chi connectivity index (χ1n) is 19.8. The SMILES string of the molecule is COc1cc2nn(C3CCC(CN(C)C4CCN(c5cccc6c5n(C)c(=O)n6C5CCC(=O)NC5=O)CC4F)CC3)cc2cc1NC(=O)c1cccc(C(F)(F)F)n1. The number of ether oxygens (including phenoxy) is 1. The van der Waals surface area contributed by atoms with Crippen LogP contribution in [0.4, 0.5) is 28.9 Å². The summed E-state index contributed by atoms with van der Waals surface area (Å²) in [4.78, 5) is 58.4. The molecule has 59 heavy (non-hydrogen) atoms. The van der Waals surface area contributed by atoms with Gasteiger partial charge >= 0.3 is 11.9 Å². The van der Waals surface area contributed by atoms with Crippen LogP contribution in [0, 0.1) is 5.92 Å².